The smallest absolute Gasteiger partial charge is 0.226 e. The van der Waals surface area contributed by atoms with Gasteiger partial charge in [-0.15, -0.1) is 11.3 Å². The lowest BCUT2D eigenvalue weighted by Gasteiger charge is -2.55. The van der Waals surface area contributed by atoms with Crippen LogP contribution < -0.4 is 10.2 Å². The molecule has 4 aliphatic heterocycles. The van der Waals surface area contributed by atoms with Gasteiger partial charge in [-0.3, -0.25) is 9.79 Å². The molecule has 3 aromatic rings. The van der Waals surface area contributed by atoms with Crippen LogP contribution in [0.25, 0.3) is 10.2 Å². The highest BCUT2D eigenvalue weighted by atomic mass is 32.1. The van der Waals surface area contributed by atoms with Gasteiger partial charge in [0.2, 0.25) is 5.91 Å². The topological polar surface area (TPSA) is 86.2 Å². The lowest BCUT2D eigenvalue weighted by molar-refractivity contribution is -0.197. The minimum atomic E-state index is 0.0611. The van der Waals surface area contributed by atoms with Gasteiger partial charge < -0.3 is 24.8 Å². The first-order chi connectivity index (χ1) is 20.0. The van der Waals surface area contributed by atoms with Crippen molar-refractivity contribution in [2.45, 2.75) is 44.7 Å². The van der Waals surface area contributed by atoms with E-state index in [2.05, 4.69) is 56.2 Å². The second-order valence-corrected chi connectivity index (χ2v) is 14.0. The molecular weight excluding hydrogens is 534 g/mol. The fourth-order valence-electron chi connectivity index (χ4n) is 7.43. The number of carbonyl (C=O) groups is 1. The van der Waals surface area contributed by atoms with Crippen molar-refractivity contribution in [2.24, 2.45) is 16.3 Å². The van der Waals surface area contributed by atoms with Crippen molar-refractivity contribution >= 4 is 50.9 Å². The number of ether oxygens (including phenoxy) is 1. The maximum absolute atomic E-state index is 13.3. The molecule has 1 spiro atoms. The van der Waals surface area contributed by atoms with E-state index in [0.29, 0.717) is 11.9 Å². The van der Waals surface area contributed by atoms with E-state index in [1.54, 1.807) is 17.7 Å². The Morgan fingerprint density at radius 2 is 1.98 bits per heavy atom. The van der Waals surface area contributed by atoms with Crippen LogP contribution >= 0.6 is 11.3 Å². The van der Waals surface area contributed by atoms with Crippen LogP contribution in [0.3, 0.4) is 0 Å². The van der Waals surface area contributed by atoms with Crippen molar-refractivity contribution in [1.29, 1.82) is 0 Å². The van der Waals surface area contributed by atoms with Gasteiger partial charge in [0.05, 0.1) is 41.9 Å². The number of piperidine rings is 1. The summed E-state index contributed by atoms with van der Waals surface area (Å²) in [6, 6.07) is 5.20. The Hall–Kier alpha value is -3.08. The number of hydrogen-bond acceptors (Lipinski definition) is 9. The molecule has 1 amide bonds. The van der Waals surface area contributed by atoms with Crippen LogP contribution in [0.5, 0.6) is 0 Å². The third-order valence-corrected chi connectivity index (χ3v) is 11.1. The first-order valence-corrected chi connectivity index (χ1v) is 15.7. The Morgan fingerprint density at radius 3 is 2.73 bits per heavy atom. The third kappa shape index (κ3) is 4.33. The van der Waals surface area contributed by atoms with Crippen LogP contribution in [0.1, 0.15) is 40.8 Å². The summed E-state index contributed by atoms with van der Waals surface area (Å²) < 4.78 is 5.40. The van der Waals surface area contributed by atoms with Gasteiger partial charge in [0.1, 0.15) is 17.0 Å². The molecule has 0 unspecified atom stereocenters. The number of benzene rings is 1. The van der Waals surface area contributed by atoms with Gasteiger partial charge in [0, 0.05) is 49.2 Å². The quantitative estimate of drug-likeness (QED) is 0.498. The third-order valence-electron chi connectivity index (χ3n) is 9.91. The molecule has 0 radical (unpaired) electrons. The second kappa shape index (κ2) is 9.74. The normalized spacial score (nSPS) is 23.0. The molecule has 1 aliphatic carbocycles. The number of nitrogens with one attached hydrogen (secondary N) is 1. The van der Waals surface area contributed by atoms with E-state index in [0.717, 1.165) is 99.8 Å². The minimum absolute atomic E-state index is 0.0611. The van der Waals surface area contributed by atoms with E-state index in [-0.39, 0.29) is 11.3 Å². The summed E-state index contributed by atoms with van der Waals surface area (Å²) in [6.07, 6.45) is 8.54. The predicted molar refractivity (Wildman–Crippen MR) is 163 cm³/mol. The van der Waals surface area contributed by atoms with Crippen LogP contribution in [-0.4, -0.2) is 91.4 Å². The Labute approximate surface area is 244 Å². The van der Waals surface area contributed by atoms with Crippen molar-refractivity contribution in [3.8, 4) is 0 Å². The monoisotopic (exact) mass is 571 g/mol. The Morgan fingerprint density at radius 1 is 1.15 bits per heavy atom. The summed E-state index contributed by atoms with van der Waals surface area (Å²) in [4.78, 5) is 36.5. The van der Waals surface area contributed by atoms with Crippen molar-refractivity contribution in [1.82, 2.24) is 19.8 Å². The molecule has 8 rings (SSSR count). The first-order valence-electron chi connectivity index (χ1n) is 14.9. The van der Waals surface area contributed by atoms with Crippen molar-refractivity contribution in [3.05, 3.63) is 40.0 Å². The average Bonchev–Trinajstić information content (AvgIpc) is 3.55. The maximum Gasteiger partial charge on any atom is 0.226 e. The van der Waals surface area contributed by atoms with E-state index >= 15 is 0 Å². The molecule has 2 aromatic heterocycles. The molecule has 1 N–H and O–H groups in total. The van der Waals surface area contributed by atoms with E-state index in [1.807, 2.05) is 6.21 Å². The summed E-state index contributed by atoms with van der Waals surface area (Å²) >= 11 is 1.74. The SMILES string of the molecule is CN(C)C1CCN(c2cc3c(cc2Nc2ncnc4sc5c(c24)CC[C@H](C(=O)N2CC4(COC4)C2)C5)C=NC3)CC1. The van der Waals surface area contributed by atoms with Crippen molar-refractivity contribution in [3.63, 3.8) is 0 Å². The minimum Gasteiger partial charge on any atom is -0.380 e. The molecule has 3 fully saturated rings. The van der Waals surface area contributed by atoms with Crippen molar-refractivity contribution in [2.75, 3.05) is 63.7 Å². The molecule has 0 saturated carbocycles. The van der Waals surface area contributed by atoms with Gasteiger partial charge >= 0.3 is 0 Å². The number of hydrogen-bond donors (Lipinski definition) is 1. The fourth-order valence-corrected chi connectivity index (χ4v) is 8.69. The van der Waals surface area contributed by atoms with E-state index in [1.165, 1.54) is 27.3 Å². The Bertz CT molecular complexity index is 1550. The van der Waals surface area contributed by atoms with Gasteiger partial charge in [0.25, 0.3) is 0 Å². The van der Waals surface area contributed by atoms with Gasteiger partial charge in [0.15, 0.2) is 0 Å². The second-order valence-electron chi connectivity index (χ2n) is 12.9. The van der Waals surface area contributed by atoms with Gasteiger partial charge in [-0.25, -0.2) is 9.97 Å². The highest BCUT2D eigenvalue weighted by Gasteiger charge is 2.51. The van der Waals surface area contributed by atoms with E-state index in [9.17, 15) is 4.79 Å². The summed E-state index contributed by atoms with van der Waals surface area (Å²) in [5, 5.41) is 4.88. The number of aromatic nitrogens is 2. The Kier molecular flexibility index (Phi) is 6.09. The molecule has 3 saturated heterocycles. The zero-order chi connectivity index (χ0) is 27.7. The lowest BCUT2D eigenvalue weighted by atomic mass is 9.76. The molecule has 41 heavy (non-hydrogen) atoms. The summed E-state index contributed by atoms with van der Waals surface area (Å²) in [5.41, 5.74) is 6.36. The highest BCUT2D eigenvalue weighted by Crippen LogP contribution is 2.44. The molecular formula is C31H37N7O2S. The number of nitrogens with zero attached hydrogens (tertiary/aromatic N) is 6. The number of aliphatic imine (C=N–C) groups is 1. The van der Waals surface area contributed by atoms with Crippen molar-refractivity contribution < 1.29 is 9.53 Å². The molecule has 1 aromatic carbocycles. The number of carbonyl (C=O) groups excluding carboxylic acids is 1. The summed E-state index contributed by atoms with van der Waals surface area (Å²) in [5.74, 6) is 1.25. The van der Waals surface area contributed by atoms with Gasteiger partial charge in [-0.2, -0.15) is 0 Å². The van der Waals surface area contributed by atoms with Crippen LogP contribution in [0, 0.1) is 11.3 Å². The maximum atomic E-state index is 13.3. The van der Waals surface area contributed by atoms with Crippen LogP contribution in [0.15, 0.2) is 23.5 Å². The summed E-state index contributed by atoms with van der Waals surface area (Å²) in [6.45, 7) is 6.16. The Balaban J connectivity index is 1.07. The molecule has 5 aliphatic rings. The number of fused-ring (bicyclic) bond motifs is 4. The number of rotatable bonds is 5. The zero-order valence-corrected chi connectivity index (χ0v) is 24.7. The van der Waals surface area contributed by atoms with E-state index < -0.39 is 0 Å². The van der Waals surface area contributed by atoms with Crippen LogP contribution in [0.2, 0.25) is 0 Å². The van der Waals surface area contributed by atoms with Crippen LogP contribution in [-0.2, 0) is 28.9 Å². The number of amides is 1. The molecule has 10 heteroatoms. The first kappa shape index (κ1) is 25.6. The number of thiophene rings is 1. The number of anilines is 3. The predicted octanol–water partition coefficient (Wildman–Crippen LogP) is 3.86. The molecule has 6 heterocycles. The van der Waals surface area contributed by atoms with Gasteiger partial charge in [-0.05, 0) is 75.0 Å². The molecule has 1 atom stereocenters. The summed E-state index contributed by atoms with van der Waals surface area (Å²) in [7, 11) is 4.37. The van der Waals surface area contributed by atoms with Crippen LogP contribution in [0.4, 0.5) is 17.2 Å². The molecule has 214 valence electrons. The molecule has 9 nitrogen and oxygen atoms in total. The molecule has 0 bridgehead atoms. The van der Waals surface area contributed by atoms with E-state index in [4.69, 9.17) is 9.72 Å². The average molecular weight is 572 g/mol. The lowest BCUT2D eigenvalue weighted by Crippen LogP contribution is -2.68. The largest absolute Gasteiger partial charge is 0.380 e. The van der Waals surface area contributed by atoms with Gasteiger partial charge in [-0.1, -0.05) is 0 Å². The fraction of sp³-hybridized carbons (Fsp3) is 0.548. The number of likely N-dealkylation sites (tertiary alicyclic amines) is 1. The number of aryl methyl sites for hydroxylation is 1. The zero-order valence-electron chi connectivity index (χ0n) is 23.9. The highest BCUT2D eigenvalue weighted by molar-refractivity contribution is 7.19. The standard InChI is InChI=1S/C31H37N7O2S/c1-36(2)22-5-7-37(8-6-22)25-10-21-13-32-12-20(21)9-24(25)35-28-27-23-4-3-19(11-26(23)41-29(27)34-18-33-28)30(39)38-14-31(15-38)16-40-17-31/h9-10,12,18-19,22H,3-8,11,13-17H2,1-2H3,(H,33,34,35)/t19-/m0/s1.